The lowest BCUT2D eigenvalue weighted by atomic mass is 10.0. The molecule has 5 nitrogen and oxygen atoms in total. The number of Topliss-reactive ketones (excluding diaryl/α,β-unsaturated/α-hetero) is 1. The van der Waals surface area contributed by atoms with E-state index in [0.29, 0.717) is 42.2 Å². The number of ketones is 1. The zero-order valence-electron chi connectivity index (χ0n) is 14.0. The van der Waals surface area contributed by atoms with E-state index in [2.05, 4.69) is 0 Å². The highest BCUT2D eigenvalue weighted by Gasteiger charge is 2.15. The lowest BCUT2D eigenvalue weighted by Crippen LogP contribution is -2.10. The Bertz CT molecular complexity index is 695. The van der Waals surface area contributed by atoms with Gasteiger partial charge in [0.1, 0.15) is 30.5 Å². The van der Waals surface area contributed by atoms with Gasteiger partial charge in [0.25, 0.3) is 0 Å². The Morgan fingerprint density at radius 3 is 2.38 bits per heavy atom. The van der Waals surface area contributed by atoms with E-state index in [-0.39, 0.29) is 11.5 Å². The molecule has 0 aliphatic rings. The van der Waals surface area contributed by atoms with E-state index >= 15 is 0 Å². The second kappa shape index (κ2) is 8.24. The molecule has 2 aromatic rings. The Labute approximate surface area is 142 Å². The number of carbonyl (C=O) groups excluding carboxylic acids is 1. The van der Waals surface area contributed by atoms with Crippen molar-refractivity contribution in [1.29, 1.82) is 0 Å². The third-order valence-corrected chi connectivity index (χ3v) is 3.61. The van der Waals surface area contributed by atoms with Crippen LogP contribution in [-0.4, -0.2) is 24.1 Å². The molecular formula is C19H23NO4. The van der Waals surface area contributed by atoms with Crippen LogP contribution >= 0.6 is 0 Å². The molecule has 0 aliphatic carbocycles. The number of hydrogen-bond donors (Lipinski definition) is 2. The Hall–Kier alpha value is -2.69. The summed E-state index contributed by atoms with van der Waals surface area (Å²) in [6, 6.07) is 10.5. The average Bonchev–Trinajstić information content (AvgIpc) is 2.55. The molecule has 24 heavy (non-hydrogen) atoms. The largest absolute Gasteiger partial charge is 0.507 e. The number of hydrogen-bond acceptors (Lipinski definition) is 5. The van der Waals surface area contributed by atoms with Gasteiger partial charge < -0.3 is 20.3 Å². The normalized spacial score (nSPS) is 10.4. The standard InChI is InChI=1S/C19H23NO4/c1-3-4-17-18(10-9-16(13(2)21)19(17)22)24-12-11-23-15-7-5-14(20)6-8-15/h5-10,22H,3-4,11-12,20H2,1-2H3. The Morgan fingerprint density at radius 2 is 1.75 bits per heavy atom. The Balaban J connectivity index is 1.99. The fourth-order valence-electron chi connectivity index (χ4n) is 2.40. The molecule has 0 saturated heterocycles. The van der Waals surface area contributed by atoms with Crippen molar-refractivity contribution in [2.24, 2.45) is 0 Å². The fraction of sp³-hybridized carbons (Fsp3) is 0.316. The lowest BCUT2D eigenvalue weighted by molar-refractivity contribution is 0.101. The van der Waals surface area contributed by atoms with Crippen molar-refractivity contribution in [3.63, 3.8) is 0 Å². The number of rotatable bonds is 8. The van der Waals surface area contributed by atoms with E-state index in [0.717, 1.165) is 12.2 Å². The minimum atomic E-state index is -0.164. The summed E-state index contributed by atoms with van der Waals surface area (Å²) in [5, 5.41) is 10.3. The molecule has 5 heteroatoms. The lowest BCUT2D eigenvalue weighted by Gasteiger charge is -2.15. The van der Waals surface area contributed by atoms with E-state index in [9.17, 15) is 9.90 Å². The van der Waals surface area contributed by atoms with Gasteiger partial charge in [-0.15, -0.1) is 0 Å². The van der Waals surface area contributed by atoms with Crippen molar-refractivity contribution in [3.05, 3.63) is 47.5 Å². The van der Waals surface area contributed by atoms with Crippen LogP contribution in [0, 0.1) is 0 Å². The molecule has 0 atom stereocenters. The highest BCUT2D eigenvalue weighted by molar-refractivity contribution is 5.97. The number of nitrogens with two attached hydrogens (primary N) is 1. The fourth-order valence-corrected chi connectivity index (χ4v) is 2.40. The van der Waals surface area contributed by atoms with Gasteiger partial charge >= 0.3 is 0 Å². The first-order chi connectivity index (χ1) is 11.5. The number of phenolic OH excluding ortho intramolecular Hbond substituents is 1. The Morgan fingerprint density at radius 1 is 1.08 bits per heavy atom. The summed E-state index contributed by atoms with van der Waals surface area (Å²) in [6.45, 7) is 4.14. The summed E-state index contributed by atoms with van der Waals surface area (Å²) in [6.07, 6.45) is 1.48. The number of aromatic hydroxyl groups is 1. The van der Waals surface area contributed by atoms with Crippen LogP contribution in [0.4, 0.5) is 5.69 Å². The molecule has 0 amide bonds. The molecule has 0 radical (unpaired) electrons. The zero-order valence-corrected chi connectivity index (χ0v) is 14.0. The molecule has 0 bridgehead atoms. The molecule has 0 fully saturated rings. The van der Waals surface area contributed by atoms with E-state index < -0.39 is 0 Å². The maximum Gasteiger partial charge on any atom is 0.163 e. The molecule has 0 aliphatic heterocycles. The van der Waals surface area contributed by atoms with Gasteiger partial charge in [-0.3, -0.25) is 4.79 Å². The van der Waals surface area contributed by atoms with Crippen LogP contribution in [0.15, 0.2) is 36.4 Å². The minimum Gasteiger partial charge on any atom is -0.507 e. The highest BCUT2D eigenvalue weighted by Crippen LogP contribution is 2.32. The molecule has 0 unspecified atom stereocenters. The third-order valence-electron chi connectivity index (χ3n) is 3.61. The molecule has 128 valence electrons. The maximum atomic E-state index is 11.5. The van der Waals surface area contributed by atoms with Crippen molar-refractivity contribution in [1.82, 2.24) is 0 Å². The molecule has 0 heterocycles. The molecule has 0 aromatic heterocycles. The Kier molecular flexibility index (Phi) is 6.07. The van der Waals surface area contributed by atoms with Gasteiger partial charge in [-0.1, -0.05) is 13.3 Å². The van der Waals surface area contributed by atoms with E-state index in [1.54, 1.807) is 36.4 Å². The van der Waals surface area contributed by atoms with Crippen molar-refractivity contribution in [2.45, 2.75) is 26.7 Å². The smallest absolute Gasteiger partial charge is 0.163 e. The molecule has 2 aromatic carbocycles. The summed E-state index contributed by atoms with van der Waals surface area (Å²) in [5.74, 6) is 1.15. The van der Waals surface area contributed by atoms with Gasteiger partial charge in [-0.05, 0) is 49.7 Å². The molecular weight excluding hydrogens is 306 g/mol. The second-order valence-corrected chi connectivity index (χ2v) is 5.51. The third kappa shape index (κ3) is 4.41. The molecule has 3 N–H and O–H groups in total. The maximum absolute atomic E-state index is 11.5. The highest BCUT2D eigenvalue weighted by atomic mass is 16.5. The first kappa shape index (κ1) is 17.7. The van der Waals surface area contributed by atoms with Crippen molar-refractivity contribution < 1.29 is 19.4 Å². The van der Waals surface area contributed by atoms with Crippen LogP contribution in [0.1, 0.15) is 36.2 Å². The monoisotopic (exact) mass is 329 g/mol. The van der Waals surface area contributed by atoms with Crippen LogP contribution in [0.25, 0.3) is 0 Å². The van der Waals surface area contributed by atoms with Gasteiger partial charge in [0.2, 0.25) is 0 Å². The van der Waals surface area contributed by atoms with Gasteiger partial charge in [0, 0.05) is 11.3 Å². The number of ether oxygens (including phenoxy) is 2. The van der Waals surface area contributed by atoms with Crippen LogP contribution in [-0.2, 0) is 6.42 Å². The summed E-state index contributed by atoms with van der Waals surface area (Å²) < 4.78 is 11.3. The predicted octanol–water partition coefficient (Wildman–Crippen LogP) is 3.59. The van der Waals surface area contributed by atoms with Crippen LogP contribution < -0.4 is 15.2 Å². The number of benzene rings is 2. The number of phenols is 1. The zero-order chi connectivity index (χ0) is 17.5. The van der Waals surface area contributed by atoms with Gasteiger partial charge in [0.05, 0.1) is 5.56 Å². The number of carbonyl (C=O) groups is 1. The number of anilines is 1. The summed E-state index contributed by atoms with van der Waals surface area (Å²) in [4.78, 5) is 11.5. The van der Waals surface area contributed by atoms with Gasteiger partial charge in [-0.25, -0.2) is 0 Å². The average molecular weight is 329 g/mol. The van der Waals surface area contributed by atoms with Crippen LogP contribution in [0.5, 0.6) is 17.2 Å². The van der Waals surface area contributed by atoms with Gasteiger partial charge in [-0.2, -0.15) is 0 Å². The molecule has 0 saturated carbocycles. The molecule has 0 spiro atoms. The SMILES string of the molecule is CCCc1c(OCCOc2ccc(N)cc2)ccc(C(C)=O)c1O. The van der Waals surface area contributed by atoms with Crippen molar-refractivity contribution >= 4 is 11.5 Å². The van der Waals surface area contributed by atoms with Crippen molar-refractivity contribution in [3.8, 4) is 17.2 Å². The summed E-state index contributed by atoms with van der Waals surface area (Å²) in [5.41, 5.74) is 7.29. The molecule has 2 rings (SSSR count). The quantitative estimate of drug-likeness (QED) is 0.439. The van der Waals surface area contributed by atoms with Gasteiger partial charge in [0.15, 0.2) is 5.78 Å². The first-order valence-corrected chi connectivity index (χ1v) is 7.99. The number of nitrogen functional groups attached to an aromatic ring is 1. The summed E-state index contributed by atoms with van der Waals surface area (Å²) >= 11 is 0. The summed E-state index contributed by atoms with van der Waals surface area (Å²) in [7, 11) is 0. The predicted molar refractivity (Wildman–Crippen MR) is 94.0 cm³/mol. The topological polar surface area (TPSA) is 81.8 Å². The van der Waals surface area contributed by atoms with Crippen LogP contribution in [0.2, 0.25) is 0 Å². The minimum absolute atomic E-state index is 0.0151. The van der Waals surface area contributed by atoms with E-state index in [1.807, 2.05) is 6.92 Å². The van der Waals surface area contributed by atoms with Crippen molar-refractivity contribution in [2.75, 3.05) is 18.9 Å². The van der Waals surface area contributed by atoms with E-state index in [1.165, 1.54) is 6.92 Å². The first-order valence-electron chi connectivity index (χ1n) is 7.99. The van der Waals surface area contributed by atoms with Crippen LogP contribution in [0.3, 0.4) is 0 Å². The second-order valence-electron chi connectivity index (χ2n) is 5.51. The van der Waals surface area contributed by atoms with E-state index in [4.69, 9.17) is 15.2 Å².